The zero-order valence-corrected chi connectivity index (χ0v) is 19.0. The molecule has 0 unspecified atom stereocenters. The van der Waals surface area contributed by atoms with Gasteiger partial charge in [-0.3, -0.25) is 0 Å². The maximum atomic E-state index is 9.49. The van der Waals surface area contributed by atoms with Gasteiger partial charge in [0.15, 0.2) is 0 Å². The molecule has 0 aromatic heterocycles. The van der Waals surface area contributed by atoms with Gasteiger partial charge in [0, 0.05) is 6.07 Å². The molecule has 2 heteroatoms. The quantitative estimate of drug-likeness (QED) is 0.179. The molecule has 0 amide bonds. The van der Waals surface area contributed by atoms with Crippen molar-refractivity contribution in [1.29, 1.82) is 0 Å². The molecule has 166 valence electrons. The Bertz CT molecular complexity index is 501. The molecule has 0 radical (unpaired) electrons. The Hall–Kier alpha value is -1.44. The molecule has 0 aliphatic heterocycles. The molecule has 2 nitrogen and oxygen atoms in total. The van der Waals surface area contributed by atoms with Crippen molar-refractivity contribution < 1.29 is 10.2 Å². The summed E-state index contributed by atoms with van der Waals surface area (Å²) in [7, 11) is 0. The van der Waals surface area contributed by atoms with Crippen molar-refractivity contribution in [3.05, 3.63) is 35.9 Å². The molecule has 1 rings (SSSR count). The fourth-order valence-corrected chi connectivity index (χ4v) is 3.89. The third-order valence-corrected chi connectivity index (χ3v) is 5.69. The number of hydrogen-bond donors (Lipinski definition) is 2. The Morgan fingerprint density at radius 1 is 0.552 bits per heavy atom. The van der Waals surface area contributed by atoms with Gasteiger partial charge in [-0.25, -0.2) is 0 Å². The van der Waals surface area contributed by atoms with Gasteiger partial charge in [0.25, 0.3) is 0 Å². The van der Waals surface area contributed by atoms with Gasteiger partial charge in [0.05, 0.1) is 0 Å². The van der Waals surface area contributed by atoms with Crippen molar-refractivity contribution in [1.82, 2.24) is 0 Å². The lowest BCUT2D eigenvalue weighted by atomic mass is 10.0. The first kappa shape index (κ1) is 25.6. The van der Waals surface area contributed by atoms with Crippen LogP contribution in [0, 0.1) is 0 Å². The van der Waals surface area contributed by atoms with Crippen LogP contribution in [0.4, 0.5) is 0 Å². The highest BCUT2D eigenvalue weighted by atomic mass is 16.3. The van der Waals surface area contributed by atoms with Crippen molar-refractivity contribution in [3.63, 3.8) is 0 Å². The van der Waals surface area contributed by atoms with Gasteiger partial charge in [0.1, 0.15) is 11.5 Å². The zero-order chi connectivity index (χ0) is 21.0. The van der Waals surface area contributed by atoms with E-state index in [0.29, 0.717) is 0 Å². The average Bonchev–Trinajstić information content (AvgIpc) is 2.69. The van der Waals surface area contributed by atoms with Crippen LogP contribution < -0.4 is 0 Å². The number of phenolic OH excluding ortho intramolecular Hbond substituents is 2. The van der Waals surface area contributed by atoms with E-state index in [0.717, 1.165) is 18.4 Å². The number of hydrogen-bond acceptors (Lipinski definition) is 2. The molecular weight excluding hydrogens is 356 g/mol. The van der Waals surface area contributed by atoms with E-state index in [-0.39, 0.29) is 11.5 Å². The number of rotatable bonds is 19. The topological polar surface area (TPSA) is 40.5 Å². The Morgan fingerprint density at radius 2 is 0.966 bits per heavy atom. The molecule has 0 bridgehead atoms. The molecule has 0 atom stereocenters. The van der Waals surface area contributed by atoms with Gasteiger partial charge in [-0.05, 0) is 49.8 Å². The van der Waals surface area contributed by atoms with Crippen LogP contribution in [0.15, 0.2) is 30.4 Å². The first-order chi connectivity index (χ1) is 14.2. The number of aromatic hydroxyl groups is 2. The van der Waals surface area contributed by atoms with Crippen molar-refractivity contribution in [2.45, 2.75) is 122 Å². The second-order valence-electron chi connectivity index (χ2n) is 8.61. The van der Waals surface area contributed by atoms with Crippen LogP contribution in [0.25, 0.3) is 0 Å². The van der Waals surface area contributed by atoms with E-state index in [1.54, 1.807) is 12.1 Å². The van der Waals surface area contributed by atoms with E-state index >= 15 is 0 Å². The summed E-state index contributed by atoms with van der Waals surface area (Å²) >= 11 is 0. The number of allylic oxidation sites excluding steroid dienone is 2. The van der Waals surface area contributed by atoms with Crippen LogP contribution in [0.5, 0.6) is 11.5 Å². The van der Waals surface area contributed by atoms with Crippen LogP contribution in [-0.2, 0) is 6.42 Å². The first-order valence-electron chi connectivity index (χ1n) is 12.4. The van der Waals surface area contributed by atoms with Gasteiger partial charge in [-0.1, -0.05) is 103 Å². The molecule has 1 aromatic rings. The number of aryl methyl sites for hydroxylation is 1. The third-order valence-electron chi connectivity index (χ3n) is 5.69. The highest BCUT2D eigenvalue weighted by Gasteiger charge is 2.00. The van der Waals surface area contributed by atoms with E-state index in [4.69, 9.17) is 0 Å². The van der Waals surface area contributed by atoms with Crippen LogP contribution in [0.3, 0.4) is 0 Å². The second-order valence-corrected chi connectivity index (χ2v) is 8.61. The minimum Gasteiger partial charge on any atom is -0.508 e. The molecule has 0 aliphatic carbocycles. The van der Waals surface area contributed by atoms with Gasteiger partial charge in [0.2, 0.25) is 0 Å². The van der Waals surface area contributed by atoms with Gasteiger partial charge < -0.3 is 10.2 Å². The smallest absolute Gasteiger partial charge is 0.119 e. The van der Waals surface area contributed by atoms with Crippen LogP contribution in [0.1, 0.15) is 122 Å². The highest BCUT2D eigenvalue weighted by molar-refractivity contribution is 5.36. The van der Waals surface area contributed by atoms with Crippen molar-refractivity contribution in [2.24, 2.45) is 0 Å². The highest BCUT2D eigenvalue weighted by Crippen LogP contribution is 2.22. The summed E-state index contributed by atoms with van der Waals surface area (Å²) < 4.78 is 0. The summed E-state index contributed by atoms with van der Waals surface area (Å²) in [6, 6.07) is 4.90. The van der Waals surface area contributed by atoms with Gasteiger partial charge >= 0.3 is 0 Å². The standard InChI is InChI=1S/C27H46O2/c1-2-3-4-5-6-7-8-9-10-11-12-13-14-15-16-17-18-19-20-21-25-22-26(28)24-27(29)23-25/h5-6,22-24,28-29H,2-4,7-21H2,1H3/b6-5-. The largest absolute Gasteiger partial charge is 0.508 e. The summed E-state index contributed by atoms with van der Waals surface area (Å²) in [5.41, 5.74) is 1.03. The van der Waals surface area contributed by atoms with E-state index in [9.17, 15) is 10.2 Å². The molecule has 0 heterocycles. The summed E-state index contributed by atoms with van der Waals surface area (Å²) in [5.74, 6) is 0.324. The minimum absolute atomic E-state index is 0.162. The summed E-state index contributed by atoms with van der Waals surface area (Å²) in [4.78, 5) is 0. The van der Waals surface area contributed by atoms with E-state index in [1.165, 1.54) is 109 Å². The second kappa shape index (κ2) is 18.6. The zero-order valence-electron chi connectivity index (χ0n) is 19.0. The summed E-state index contributed by atoms with van der Waals surface area (Å²) in [6.07, 6.45) is 28.5. The summed E-state index contributed by atoms with van der Waals surface area (Å²) in [5, 5.41) is 19.0. The van der Waals surface area contributed by atoms with Crippen molar-refractivity contribution in [2.75, 3.05) is 0 Å². The maximum Gasteiger partial charge on any atom is 0.119 e. The van der Waals surface area contributed by atoms with Crippen LogP contribution in [0.2, 0.25) is 0 Å². The molecular formula is C27H46O2. The maximum absolute atomic E-state index is 9.49. The lowest BCUT2D eigenvalue weighted by Crippen LogP contribution is -1.87. The fraction of sp³-hybridized carbons (Fsp3) is 0.704. The Kier molecular flexibility index (Phi) is 16.4. The molecule has 0 aliphatic rings. The monoisotopic (exact) mass is 402 g/mol. The predicted molar refractivity (Wildman–Crippen MR) is 127 cm³/mol. The van der Waals surface area contributed by atoms with Crippen molar-refractivity contribution >= 4 is 0 Å². The molecule has 1 aromatic carbocycles. The number of unbranched alkanes of at least 4 members (excludes halogenated alkanes) is 15. The van der Waals surface area contributed by atoms with Gasteiger partial charge in [-0.2, -0.15) is 0 Å². The van der Waals surface area contributed by atoms with E-state index < -0.39 is 0 Å². The van der Waals surface area contributed by atoms with Crippen molar-refractivity contribution in [3.8, 4) is 11.5 Å². The predicted octanol–water partition coefficient (Wildman–Crippen LogP) is 8.85. The molecule has 29 heavy (non-hydrogen) atoms. The number of benzene rings is 1. The minimum atomic E-state index is 0.162. The van der Waals surface area contributed by atoms with E-state index in [1.807, 2.05) is 0 Å². The lowest BCUT2D eigenvalue weighted by molar-refractivity contribution is 0.449. The summed E-state index contributed by atoms with van der Waals surface area (Å²) in [6.45, 7) is 2.25. The Balaban J connectivity index is 1.77. The number of phenols is 2. The van der Waals surface area contributed by atoms with E-state index in [2.05, 4.69) is 19.1 Å². The first-order valence-corrected chi connectivity index (χ1v) is 12.4. The molecule has 0 spiro atoms. The Labute approximate surface area is 180 Å². The van der Waals surface area contributed by atoms with Gasteiger partial charge in [-0.15, -0.1) is 0 Å². The third kappa shape index (κ3) is 16.1. The van der Waals surface area contributed by atoms with Crippen LogP contribution >= 0.6 is 0 Å². The normalized spacial score (nSPS) is 11.5. The SMILES string of the molecule is CCCC/C=C\CCCCCCCCCCCCCCCc1cc(O)cc(O)c1. The average molecular weight is 403 g/mol. The molecule has 0 saturated heterocycles. The lowest BCUT2D eigenvalue weighted by Gasteiger charge is -2.05. The molecule has 0 saturated carbocycles. The Morgan fingerprint density at radius 3 is 1.45 bits per heavy atom. The molecule has 0 fully saturated rings. The van der Waals surface area contributed by atoms with Crippen LogP contribution in [-0.4, -0.2) is 10.2 Å². The molecule has 2 N–H and O–H groups in total. The fourth-order valence-electron chi connectivity index (χ4n) is 3.89.